The van der Waals surface area contributed by atoms with Gasteiger partial charge in [-0.3, -0.25) is 9.52 Å². The van der Waals surface area contributed by atoms with Crippen LogP contribution in [-0.2, 0) is 14.8 Å². The van der Waals surface area contributed by atoms with Crippen LogP contribution in [-0.4, -0.2) is 30.9 Å². The minimum Gasteiger partial charge on any atom is -0.482 e. The van der Waals surface area contributed by atoms with Gasteiger partial charge in [0.05, 0.1) is 9.92 Å². The lowest BCUT2D eigenvalue weighted by atomic mass is 10.3. The number of sulfonamides is 1. The molecule has 0 saturated heterocycles. The van der Waals surface area contributed by atoms with Crippen LogP contribution in [0.3, 0.4) is 0 Å². The molecule has 0 saturated carbocycles. The van der Waals surface area contributed by atoms with Crippen LogP contribution >= 0.6 is 11.6 Å². The van der Waals surface area contributed by atoms with Gasteiger partial charge >= 0.3 is 0 Å². The van der Waals surface area contributed by atoms with E-state index in [1.165, 1.54) is 24.3 Å². The second-order valence-corrected chi connectivity index (χ2v) is 8.32. The Balaban J connectivity index is 1.62. The van der Waals surface area contributed by atoms with E-state index < -0.39 is 15.9 Å². The second kappa shape index (κ2) is 9.10. The first kappa shape index (κ1) is 21.5. The van der Waals surface area contributed by atoms with Crippen molar-refractivity contribution < 1.29 is 17.9 Å². The smallest absolute Gasteiger partial charge is 0.262 e. The highest BCUT2D eigenvalue weighted by Crippen LogP contribution is 2.26. The first-order valence-electron chi connectivity index (χ1n) is 8.80. The van der Waals surface area contributed by atoms with Crippen molar-refractivity contribution in [2.45, 2.75) is 18.7 Å². The highest BCUT2D eigenvalue weighted by Gasteiger charge is 2.13. The van der Waals surface area contributed by atoms with Gasteiger partial charge in [-0.25, -0.2) is 8.42 Å². The predicted molar refractivity (Wildman–Crippen MR) is 114 cm³/mol. The van der Waals surface area contributed by atoms with Gasteiger partial charge in [-0.1, -0.05) is 29.8 Å². The van der Waals surface area contributed by atoms with Crippen LogP contribution in [0.25, 0.3) is 4.72 Å². The van der Waals surface area contributed by atoms with Crippen molar-refractivity contribution in [3.8, 4) is 5.75 Å². The molecule has 0 aliphatic rings. The SMILES string of the molecule is Cc1cc(C)nc([N-]S(=O)(=O)c2ccc(NC(=O)COc3ccccc3Cl)cc2)n1. The van der Waals surface area contributed by atoms with Gasteiger partial charge in [-0.15, -0.1) is 0 Å². The molecule has 30 heavy (non-hydrogen) atoms. The number of carbonyl (C=O) groups excluding carboxylic acids is 1. The van der Waals surface area contributed by atoms with Gasteiger partial charge in [-0.05, 0) is 61.6 Å². The fourth-order valence-electron chi connectivity index (χ4n) is 2.52. The summed E-state index contributed by atoms with van der Waals surface area (Å²) in [7, 11) is -4.00. The molecule has 0 aliphatic carbocycles. The largest absolute Gasteiger partial charge is 0.482 e. The Bertz CT molecular complexity index is 1150. The topological polar surface area (TPSA) is 112 Å². The first-order chi connectivity index (χ1) is 14.2. The molecule has 10 heteroatoms. The number of nitrogens with one attached hydrogen (secondary N) is 1. The zero-order valence-electron chi connectivity index (χ0n) is 16.2. The number of hydrogen-bond donors (Lipinski definition) is 1. The molecule has 2 aromatic carbocycles. The highest BCUT2D eigenvalue weighted by molar-refractivity contribution is 7.94. The molecule has 0 spiro atoms. The normalized spacial score (nSPS) is 11.0. The van der Waals surface area contributed by atoms with Gasteiger partial charge in [0.2, 0.25) is 10.0 Å². The third-order valence-electron chi connectivity index (χ3n) is 3.80. The lowest BCUT2D eigenvalue weighted by Gasteiger charge is -2.15. The number of aryl methyl sites for hydroxylation is 2. The fourth-order valence-corrected chi connectivity index (χ4v) is 3.59. The van der Waals surface area contributed by atoms with E-state index in [2.05, 4.69) is 20.0 Å². The molecule has 0 radical (unpaired) electrons. The third kappa shape index (κ3) is 5.68. The van der Waals surface area contributed by atoms with Crippen molar-refractivity contribution in [2.24, 2.45) is 0 Å². The van der Waals surface area contributed by atoms with Gasteiger partial charge in [0.15, 0.2) is 6.61 Å². The molecular formula is C20H18ClN4O4S-. The monoisotopic (exact) mass is 445 g/mol. The second-order valence-electron chi connectivity index (χ2n) is 6.31. The number of aromatic nitrogens is 2. The molecule has 1 amide bonds. The van der Waals surface area contributed by atoms with E-state index in [0.29, 0.717) is 27.8 Å². The lowest BCUT2D eigenvalue weighted by Crippen LogP contribution is -2.20. The molecule has 3 rings (SSSR count). The Labute approximate surface area is 179 Å². The number of carbonyl (C=O) groups is 1. The molecule has 1 aromatic heterocycles. The van der Waals surface area contributed by atoms with Crippen molar-refractivity contribution >= 4 is 39.2 Å². The first-order valence-corrected chi connectivity index (χ1v) is 10.6. The van der Waals surface area contributed by atoms with E-state index in [0.717, 1.165) is 0 Å². The number of para-hydroxylation sites is 1. The molecule has 3 aromatic rings. The van der Waals surface area contributed by atoms with Crippen LogP contribution in [0, 0.1) is 13.8 Å². The summed E-state index contributed by atoms with van der Waals surface area (Å²) in [6.07, 6.45) is 0. The van der Waals surface area contributed by atoms with Crippen LogP contribution < -0.4 is 10.1 Å². The van der Waals surface area contributed by atoms with Crippen molar-refractivity contribution in [1.29, 1.82) is 0 Å². The molecule has 0 unspecified atom stereocenters. The number of anilines is 1. The Morgan fingerprint density at radius 1 is 1.07 bits per heavy atom. The number of nitrogens with zero attached hydrogens (tertiary/aromatic N) is 3. The fraction of sp³-hybridized carbons (Fsp3) is 0.150. The zero-order valence-corrected chi connectivity index (χ0v) is 17.7. The summed E-state index contributed by atoms with van der Waals surface area (Å²) in [4.78, 5) is 20.0. The Kier molecular flexibility index (Phi) is 6.53. The van der Waals surface area contributed by atoms with E-state index >= 15 is 0 Å². The van der Waals surface area contributed by atoms with Gasteiger partial charge in [0.25, 0.3) is 5.91 Å². The van der Waals surface area contributed by atoms with Gasteiger partial charge < -0.3 is 20.0 Å². The molecule has 156 valence electrons. The van der Waals surface area contributed by atoms with E-state index in [9.17, 15) is 13.2 Å². The van der Waals surface area contributed by atoms with Crippen LogP contribution in [0.5, 0.6) is 5.75 Å². The van der Waals surface area contributed by atoms with Crippen molar-refractivity contribution in [3.05, 3.63) is 75.7 Å². The maximum Gasteiger partial charge on any atom is 0.262 e. The summed E-state index contributed by atoms with van der Waals surface area (Å²) < 4.78 is 34.0. The number of rotatable bonds is 7. The van der Waals surface area contributed by atoms with Gasteiger partial charge in [0.1, 0.15) is 5.75 Å². The van der Waals surface area contributed by atoms with E-state index in [4.69, 9.17) is 16.3 Å². The van der Waals surface area contributed by atoms with Crippen LogP contribution in [0.1, 0.15) is 11.4 Å². The number of amides is 1. The summed E-state index contributed by atoms with van der Waals surface area (Å²) in [5, 5.41) is 3.02. The van der Waals surface area contributed by atoms with Crippen LogP contribution in [0.15, 0.2) is 59.5 Å². The minimum atomic E-state index is -4.00. The van der Waals surface area contributed by atoms with Gasteiger partial charge in [-0.2, -0.15) is 0 Å². The maximum atomic E-state index is 12.5. The average Bonchev–Trinajstić information content (AvgIpc) is 2.66. The van der Waals surface area contributed by atoms with Crippen LogP contribution in [0.2, 0.25) is 5.02 Å². The van der Waals surface area contributed by atoms with Gasteiger partial charge in [0, 0.05) is 11.6 Å². The average molecular weight is 446 g/mol. The summed E-state index contributed by atoms with van der Waals surface area (Å²) in [6.45, 7) is 3.21. The molecule has 1 heterocycles. The Morgan fingerprint density at radius 3 is 2.33 bits per heavy atom. The summed E-state index contributed by atoms with van der Waals surface area (Å²) in [5.74, 6) is -0.147. The predicted octanol–water partition coefficient (Wildman–Crippen LogP) is 4.16. The Hall–Kier alpha value is -3.17. The number of benzene rings is 2. The molecule has 0 bridgehead atoms. The number of halogens is 1. The van der Waals surface area contributed by atoms with E-state index in [1.54, 1.807) is 44.2 Å². The number of hydrogen-bond acceptors (Lipinski definition) is 6. The summed E-state index contributed by atoms with van der Waals surface area (Å²) in [5.41, 5.74) is 1.64. The molecule has 0 aliphatic heterocycles. The summed E-state index contributed by atoms with van der Waals surface area (Å²) >= 11 is 5.97. The minimum absolute atomic E-state index is 0.0458. The maximum absolute atomic E-state index is 12.5. The zero-order chi connectivity index (χ0) is 21.7. The van der Waals surface area contributed by atoms with E-state index in [-0.39, 0.29) is 17.5 Å². The molecular weight excluding hydrogens is 428 g/mol. The van der Waals surface area contributed by atoms with Crippen molar-refractivity contribution in [2.75, 3.05) is 11.9 Å². The molecule has 0 atom stereocenters. The molecule has 8 nitrogen and oxygen atoms in total. The van der Waals surface area contributed by atoms with Crippen LogP contribution in [0.4, 0.5) is 11.6 Å². The highest BCUT2D eigenvalue weighted by atomic mass is 35.5. The number of ether oxygens (including phenoxy) is 1. The quantitative estimate of drug-likeness (QED) is 0.584. The molecule has 1 N–H and O–H groups in total. The summed E-state index contributed by atoms with van der Waals surface area (Å²) in [6, 6.07) is 14.1. The van der Waals surface area contributed by atoms with E-state index in [1.807, 2.05) is 0 Å². The van der Waals surface area contributed by atoms with Crippen molar-refractivity contribution in [3.63, 3.8) is 0 Å². The standard InChI is InChI=1S/C20H19ClN4O4S/c1-13-11-14(2)23-20(22-13)25-30(27,28)16-9-7-15(8-10-16)24-19(26)12-29-18-6-4-3-5-17(18)21/h3-11H,12H2,1-2H3,(H2,22,23,24,25,26)/p-1. The molecule has 0 fully saturated rings. The Morgan fingerprint density at radius 2 is 1.70 bits per heavy atom. The lowest BCUT2D eigenvalue weighted by molar-refractivity contribution is -0.118. The third-order valence-corrected chi connectivity index (χ3v) is 5.39. The van der Waals surface area contributed by atoms with Crippen molar-refractivity contribution in [1.82, 2.24) is 9.97 Å².